The molecule has 9 heteroatoms. The fraction of sp³-hybridized carbons (Fsp3) is 0.526. The maximum Gasteiger partial charge on any atom is 0.230 e. The van der Waals surface area contributed by atoms with Gasteiger partial charge in [-0.15, -0.1) is 10.2 Å². The summed E-state index contributed by atoms with van der Waals surface area (Å²) in [6.45, 7) is 3.02. The van der Waals surface area contributed by atoms with Gasteiger partial charge in [-0.1, -0.05) is 17.4 Å². The fourth-order valence-electron chi connectivity index (χ4n) is 4.04. The molecule has 4 rings (SSSR count). The Bertz CT molecular complexity index is 831. The fourth-order valence-corrected chi connectivity index (χ4v) is 4.61. The van der Waals surface area contributed by atoms with E-state index in [1.165, 1.54) is 11.3 Å². The molecule has 2 saturated heterocycles. The number of amides is 1. The van der Waals surface area contributed by atoms with Crippen LogP contribution in [0, 0.1) is 11.3 Å². The molecular formula is C19H24N4O4S. The van der Waals surface area contributed by atoms with Gasteiger partial charge >= 0.3 is 0 Å². The number of carbonyl (C=O) groups is 1. The van der Waals surface area contributed by atoms with Crippen LogP contribution in [0.15, 0.2) is 23.7 Å². The molecule has 1 aromatic heterocycles. The summed E-state index contributed by atoms with van der Waals surface area (Å²) in [4.78, 5) is 15.2. The highest BCUT2D eigenvalue weighted by molar-refractivity contribution is 7.13. The Kier molecular flexibility index (Phi) is 5.36. The molecule has 3 heterocycles. The lowest BCUT2D eigenvalue weighted by Gasteiger charge is -2.25. The Labute approximate surface area is 167 Å². The van der Waals surface area contributed by atoms with Crippen LogP contribution in [0.3, 0.4) is 0 Å². The normalized spacial score (nSPS) is 23.5. The van der Waals surface area contributed by atoms with E-state index in [9.17, 15) is 4.79 Å². The SMILES string of the molecule is COc1ccc(CCNC(=O)[C@@]23COC[C@@H]2CN(c2nncs2)C3)cc1OC. The molecule has 2 aliphatic heterocycles. The molecule has 28 heavy (non-hydrogen) atoms. The predicted octanol–water partition coefficient (Wildman–Crippen LogP) is 1.37. The average molecular weight is 404 g/mol. The number of hydrogen-bond acceptors (Lipinski definition) is 8. The minimum Gasteiger partial charge on any atom is -0.493 e. The van der Waals surface area contributed by atoms with Crippen molar-refractivity contribution in [2.45, 2.75) is 6.42 Å². The first-order valence-corrected chi connectivity index (χ1v) is 10.1. The Hall–Kier alpha value is -2.39. The van der Waals surface area contributed by atoms with Crippen molar-refractivity contribution in [3.8, 4) is 11.5 Å². The Morgan fingerprint density at radius 3 is 3.00 bits per heavy atom. The second-order valence-corrected chi connectivity index (χ2v) is 7.98. The van der Waals surface area contributed by atoms with E-state index in [2.05, 4.69) is 20.4 Å². The van der Waals surface area contributed by atoms with E-state index in [0.29, 0.717) is 44.2 Å². The summed E-state index contributed by atoms with van der Waals surface area (Å²) in [7, 11) is 3.23. The lowest BCUT2D eigenvalue weighted by atomic mass is 9.80. The first-order valence-electron chi connectivity index (χ1n) is 9.24. The molecule has 2 fully saturated rings. The number of ether oxygens (including phenoxy) is 3. The van der Waals surface area contributed by atoms with Gasteiger partial charge in [0.05, 0.1) is 32.8 Å². The number of aromatic nitrogens is 2. The summed E-state index contributed by atoms with van der Waals surface area (Å²) in [6, 6.07) is 5.81. The highest BCUT2D eigenvalue weighted by atomic mass is 32.1. The van der Waals surface area contributed by atoms with Gasteiger partial charge in [0, 0.05) is 25.6 Å². The van der Waals surface area contributed by atoms with Crippen molar-refractivity contribution in [3.05, 3.63) is 29.3 Å². The van der Waals surface area contributed by atoms with Crippen LogP contribution in [-0.4, -0.2) is 63.2 Å². The molecule has 150 valence electrons. The van der Waals surface area contributed by atoms with Gasteiger partial charge in [0.25, 0.3) is 0 Å². The third-order valence-electron chi connectivity index (χ3n) is 5.59. The van der Waals surface area contributed by atoms with E-state index < -0.39 is 5.41 Å². The van der Waals surface area contributed by atoms with Gasteiger partial charge in [-0.25, -0.2) is 0 Å². The zero-order valence-corrected chi connectivity index (χ0v) is 16.8. The Morgan fingerprint density at radius 2 is 2.25 bits per heavy atom. The van der Waals surface area contributed by atoms with Crippen LogP contribution in [0.2, 0.25) is 0 Å². The van der Waals surface area contributed by atoms with Crippen molar-refractivity contribution in [2.75, 3.05) is 52.0 Å². The highest BCUT2D eigenvalue weighted by Crippen LogP contribution is 2.43. The van der Waals surface area contributed by atoms with Crippen LogP contribution < -0.4 is 19.7 Å². The number of fused-ring (bicyclic) bond motifs is 1. The van der Waals surface area contributed by atoms with E-state index in [4.69, 9.17) is 14.2 Å². The number of nitrogens with zero attached hydrogens (tertiary/aromatic N) is 3. The second kappa shape index (κ2) is 7.92. The maximum atomic E-state index is 13.1. The number of anilines is 1. The van der Waals surface area contributed by atoms with Gasteiger partial charge in [0.15, 0.2) is 11.5 Å². The van der Waals surface area contributed by atoms with Crippen molar-refractivity contribution < 1.29 is 19.0 Å². The minimum atomic E-state index is -0.511. The predicted molar refractivity (Wildman–Crippen MR) is 105 cm³/mol. The molecule has 1 amide bonds. The molecule has 2 aliphatic rings. The van der Waals surface area contributed by atoms with Crippen molar-refractivity contribution in [1.82, 2.24) is 15.5 Å². The number of carbonyl (C=O) groups excluding carboxylic acids is 1. The third kappa shape index (κ3) is 3.40. The smallest absolute Gasteiger partial charge is 0.230 e. The molecule has 2 aromatic rings. The van der Waals surface area contributed by atoms with E-state index in [-0.39, 0.29) is 11.8 Å². The average Bonchev–Trinajstić information content (AvgIpc) is 3.43. The van der Waals surface area contributed by atoms with Gasteiger partial charge in [-0.05, 0) is 24.1 Å². The van der Waals surface area contributed by atoms with E-state index >= 15 is 0 Å². The number of hydrogen-bond donors (Lipinski definition) is 1. The van der Waals surface area contributed by atoms with Crippen LogP contribution in [0.5, 0.6) is 11.5 Å². The molecule has 2 atom stereocenters. The lowest BCUT2D eigenvalue weighted by Crippen LogP contribution is -2.47. The highest BCUT2D eigenvalue weighted by Gasteiger charge is 2.56. The summed E-state index contributed by atoms with van der Waals surface area (Å²) in [5.74, 6) is 1.63. The molecule has 0 aliphatic carbocycles. The number of nitrogens with one attached hydrogen (secondary N) is 1. The summed E-state index contributed by atoms with van der Waals surface area (Å²) < 4.78 is 16.3. The second-order valence-electron chi connectivity index (χ2n) is 7.17. The van der Waals surface area contributed by atoms with Crippen LogP contribution in [0.25, 0.3) is 0 Å². The topological polar surface area (TPSA) is 85.8 Å². The monoisotopic (exact) mass is 404 g/mol. The van der Waals surface area contributed by atoms with Crippen molar-refractivity contribution >= 4 is 22.4 Å². The van der Waals surface area contributed by atoms with Crippen molar-refractivity contribution in [2.24, 2.45) is 11.3 Å². The molecular weight excluding hydrogens is 380 g/mol. The van der Waals surface area contributed by atoms with Crippen LogP contribution >= 0.6 is 11.3 Å². The molecule has 8 nitrogen and oxygen atoms in total. The van der Waals surface area contributed by atoms with Crippen LogP contribution in [0.1, 0.15) is 5.56 Å². The standard InChI is InChI=1S/C19H24N4O4S/c1-25-15-4-3-13(7-16(15)26-2)5-6-20-17(24)19-10-23(18-22-21-12-28-18)8-14(19)9-27-11-19/h3-4,7,12,14H,5-6,8-11H2,1-2H3,(H,20,24)/t14-,19-/m0/s1. The van der Waals surface area contributed by atoms with Crippen LogP contribution in [-0.2, 0) is 16.0 Å². The number of rotatable bonds is 7. The molecule has 0 saturated carbocycles. The van der Waals surface area contributed by atoms with E-state index in [0.717, 1.165) is 17.2 Å². The van der Waals surface area contributed by atoms with Crippen molar-refractivity contribution in [3.63, 3.8) is 0 Å². The van der Waals surface area contributed by atoms with Gasteiger partial charge < -0.3 is 24.4 Å². The first kappa shape index (κ1) is 18.9. The summed E-state index contributed by atoms with van der Waals surface area (Å²) >= 11 is 1.50. The quantitative estimate of drug-likeness (QED) is 0.746. The molecule has 1 N–H and O–H groups in total. The number of benzene rings is 1. The zero-order valence-electron chi connectivity index (χ0n) is 16.0. The maximum absolute atomic E-state index is 13.1. The van der Waals surface area contributed by atoms with Crippen molar-refractivity contribution in [1.29, 1.82) is 0 Å². The first-order chi connectivity index (χ1) is 13.7. The summed E-state index contributed by atoms with van der Waals surface area (Å²) in [6.07, 6.45) is 0.716. The van der Waals surface area contributed by atoms with Gasteiger partial charge in [-0.2, -0.15) is 0 Å². The largest absolute Gasteiger partial charge is 0.493 e. The Morgan fingerprint density at radius 1 is 1.39 bits per heavy atom. The zero-order chi connectivity index (χ0) is 19.6. The molecule has 0 bridgehead atoms. The Balaban J connectivity index is 1.38. The van der Waals surface area contributed by atoms with Gasteiger partial charge in [-0.3, -0.25) is 4.79 Å². The van der Waals surface area contributed by atoms with Gasteiger partial charge in [0.1, 0.15) is 5.51 Å². The lowest BCUT2D eigenvalue weighted by molar-refractivity contribution is -0.131. The summed E-state index contributed by atoms with van der Waals surface area (Å²) in [5.41, 5.74) is 2.29. The molecule has 0 spiro atoms. The van der Waals surface area contributed by atoms with Crippen LogP contribution in [0.4, 0.5) is 5.13 Å². The van der Waals surface area contributed by atoms with E-state index in [1.807, 2.05) is 18.2 Å². The minimum absolute atomic E-state index is 0.0579. The summed E-state index contributed by atoms with van der Waals surface area (Å²) in [5, 5.41) is 12.0. The molecule has 1 aromatic carbocycles. The number of methoxy groups -OCH3 is 2. The van der Waals surface area contributed by atoms with E-state index in [1.54, 1.807) is 19.7 Å². The molecule has 0 unspecified atom stereocenters. The third-order valence-corrected chi connectivity index (χ3v) is 6.34. The molecule has 0 radical (unpaired) electrons. The van der Waals surface area contributed by atoms with Gasteiger partial charge in [0.2, 0.25) is 11.0 Å².